The number of hydrogen-bond donors (Lipinski definition) is 1. The predicted molar refractivity (Wildman–Crippen MR) is 114 cm³/mol. The van der Waals surface area contributed by atoms with Gasteiger partial charge in [-0.05, 0) is 33.3 Å². The molecule has 0 aromatic carbocycles. The van der Waals surface area contributed by atoms with Crippen LogP contribution >= 0.6 is 27.7 Å². The molecule has 2 aliphatic heterocycles. The largest absolute Gasteiger partial charge is 0.427 e. The lowest BCUT2D eigenvalue weighted by Crippen LogP contribution is -2.71. The van der Waals surface area contributed by atoms with Crippen LogP contribution in [0.4, 0.5) is 0 Å². The number of rotatable bonds is 8. The van der Waals surface area contributed by atoms with Crippen molar-refractivity contribution >= 4 is 57.2 Å². The van der Waals surface area contributed by atoms with Gasteiger partial charge in [0.1, 0.15) is 17.1 Å². The Balaban J connectivity index is 2.11. The Kier molecular flexibility index (Phi) is 8.28. The number of ketones is 1. The van der Waals surface area contributed by atoms with Crippen molar-refractivity contribution < 1.29 is 38.2 Å². The van der Waals surface area contributed by atoms with Crippen LogP contribution in [0, 0.1) is 5.41 Å². The molecule has 2 heterocycles. The summed E-state index contributed by atoms with van der Waals surface area (Å²) in [6, 6.07) is -0.887. The van der Waals surface area contributed by atoms with Gasteiger partial charge in [-0.3, -0.25) is 24.1 Å². The van der Waals surface area contributed by atoms with E-state index in [1.807, 2.05) is 0 Å². The number of β-lactam (4-membered cyclic amide) rings is 1. The van der Waals surface area contributed by atoms with Crippen LogP contribution in [0.25, 0.3) is 0 Å². The van der Waals surface area contributed by atoms with E-state index in [4.69, 9.17) is 14.2 Å². The molecule has 0 aliphatic carbocycles. The van der Waals surface area contributed by atoms with Crippen LogP contribution in [0.2, 0.25) is 0 Å². The third-order valence-corrected chi connectivity index (χ3v) is 6.84. The van der Waals surface area contributed by atoms with Crippen LogP contribution in [0.1, 0.15) is 27.7 Å². The predicted octanol–water partition coefficient (Wildman–Crippen LogP) is 0.729. The van der Waals surface area contributed by atoms with Gasteiger partial charge in [0.2, 0.25) is 12.7 Å². The minimum atomic E-state index is -1.07. The average Bonchev–Trinajstić information content (AvgIpc) is 2.69. The minimum Gasteiger partial charge on any atom is -0.427 e. The molecule has 12 heteroatoms. The molecule has 0 spiro atoms. The van der Waals surface area contributed by atoms with Crippen LogP contribution in [0.5, 0.6) is 0 Å². The second kappa shape index (κ2) is 10.1. The molecular formula is C19H25BrN2O8S. The number of halogens is 1. The van der Waals surface area contributed by atoms with Crippen LogP contribution in [-0.2, 0) is 38.2 Å². The number of carbonyl (C=O) groups is 5. The highest BCUT2D eigenvalue weighted by molar-refractivity contribution is 9.10. The quantitative estimate of drug-likeness (QED) is 0.162. The second-order valence-electron chi connectivity index (χ2n) is 7.99. The lowest BCUT2D eigenvalue weighted by molar-refractivity contribution is -0.173. The zero-order valence-corrected chi connectivity index (χ0v) is 20.3. The molecule has 2 unspecified atom stereocenters. The highest BCUT2D eigenvalue weighted by Crippen LogP contribution is 2.40. The number of amides is 2. The van der Waals surface area contributed by atoms with Gasteiger partial charge in [0.25, 0.3) is 5.91 Å². The van der Waals surface area contributed by atoms with Crippen LogP contribution in [0.3, 0.4) is 0 Å². The number of esters is 2. The number of fused-ring (bicyclic) bond motifs is 1. The van der Waals surface area contributed by atoms with E-state index in [0.29, 0.717) is 11.3 Å². The Hall–Kier alpha value is -1.92. The summed E-state index contributed by atoms with van der Waals surface area (Å²) in [5.41, 5.74) is -0.211. The topological polar surface area (TPSA) is 128 Å². The van der Waals surface area contributed by atoms with E-state index >= 15 is 0 Å². The Morgan fingerprint density at radius 1 is 1.26 bits per heavy atom. The molecule has 1 N–H and O–H groups in total. The summed E-state index contributed by atoms with van der Waals surface area (Å²) in [7, 11) is 1.46. The number of alkyl halides is 1. The average molecular weight is 521 g/mol. The summed E-state index contributed by atoms with van der Waals surface area (Å²) in [5.74, 6) is -2.54. The zero-order chi connectivity index (χ0) is 23.5. The van der Waals surface area contributed by atoms with E-state index < -0.39 is 58.0 Å². The third-order valence-electron chi connectivity index (χ3n) is 4.44. The molecule has 0 saturated carbocycles. The first-order valence-corrected chi connectivity index (χ1v) is 11.3. The van der Waals surface area contributed by atoms with E-state index in [2.05, 4.69) is 21.2 Å². The van der Waals surface area contributed by atoms with Crippen molar-refractivity contribution in [3.63, 3.8) is 0 Å². The maximum atomic E-state index is 12.7. The van der Waals surface area contributed by atoms with E-state index in [1.54, 1.807) is 20.8 Å². The maximum Gasteiger partial charge on any atom is 0.358 e. The summed E-state index contributed by atoms with van der Waals surface area (Å²) in [6.45, 7) is 5.75. The SMILES string of the molecule is COCC1=C(C(=O)OCOC(=O)C(C)(C)C)N2C(=O)C(NC(=O)C(Br)C(C)=O)[C@@H]2SC1. The molecule has 0 radical (unpaired) electrons. The Labute approximate surface area is 192 Å². The number of nitrogens with zero attached hydrogens (tertiary/aromatic N) is 1. The lowest BCUT2D eigenvalue weighted by Gasteiger charge is -2.49. The second-order valence-corrected chi connectivity index (χ2v) is 10.0. The zero-order valence-electron chi connectivity index (χ0n) is 17.9. The number of thioether (sulfide) groups is 1. The minimum absolute atomic E-state index is 0.00914. The first-order valence-electron chi connectivity index (χ1n) is 9.35. The Morgan fingerprint density at radius 2 is 1.90 bits per heavy atom. The van der Waals surface area contributed by atoms with Gasteiger partial charge in [-0.15, -0.1) is 11.8 Å². The van der Waals surface area contributed by atoms with Gasteiger partial charge in [0.15, 0.2) is 10.6 Å². The smallest absolute Gasteiger partial charge is 0.358 e. The monoisotopic (exact) mass is 520 g/mol. The summed E-state index contributed by atoms with van der Waals surface area (Å²) in [6.07, 6.45) is 0. The number of Topliss-reactive ketones (excluding diaryl/α,β-unsaturated/α-hetero) is 1. The standard InChI is InChI=1S/C19H25BrN2O8S/c1-9(23)11(20)14(24)21-12-15(25)22-13(10(6-28-5)7-31-16(12)22)17(26)29-8-30-18(27)19(2,3)4/h11-12,16H,6-8H2,1-5H3,(H,21,24)/t11?,12?,16-/m0/s1. The number of carbonyl (C=O) groups excluding carboxylic acids is 5. The number of ether oxygens (including phenoxy) is 3. The maximum absolute atomic E-state index is 12.7. The molecular weight excluding hydrogens is 496 g/mol. The lowest BCUT2D eigenvalue weighted by atomic mass is 9.98. The molecule has 2 rings (SSSR count). The summed E-state index contributed by atoms with van der Waals surface area (Å²) >= 11 is 4.33. The Morgan fingerprint density at radius 3 is 2.45 bits per heavy atom. The van der Waals surface area contributed by atoms with E-state index in [-0.39, 0.29) is 12.3 Å². The van der Waals surface area contributed by atoms with Crippen molar-refractivity contribution in [2.75, 3.05) is 26.3 Å². The summed E-state index contributed by atoms with van der Waals surface area (Å²) in [4.78, 5) is 61.0. The van der Waals surface area contributed by atoms with Gasteiger partial charge in [-0.25, -0.2) is 4.79 Å². The van der Waals surface area contributed by atoms with Gasteiger partial charge in [0, 0.05) is 12.9 Å². The van der Waals surface area contributed by atoms with Gasteiger partial charge in [-0.2, -0.15) is 0 Å². The fourth-order valence-electron chi connectivity index (χ4n) is 2.79. The molecule has 2 amide bonds. The van der Waals surface area contributed by atoms with Crippen LogP contribution in [0.15, 0.2) is 11.3 Å². The first-order chi connectivity index (χ1) is 14.4. The van der Waals surface area contributed by atoms with Gasteiger partial charge >= 0.3 is 11.9 Å². The van der Waals surface area contributed by atoms with Crippen LogP contribution < -0.4 is 5.32 Å². The first kappa shape index (κ1) is 25.3. The molecule has 0 bridgehead atoms. The van der Waals surface area contributed by atoms with Crippen molar-refractivity contribution in [1.82, 2.24) is 10.2 Å². The van der Waals surface area contributed by atoms with Crippen molar-refractivity contribution in [1.29, 1.82) is 0 Å². The molecule has 1 fully saturated rings. The van der Waals surface area contributed by atoms with Crippen molar-refractivity contribution in [2.45, 2.75) is 43.9 Å². The highest BCUT2D eigenvalue weighted by atomic mass is 79.9. The molecule has 31 heavy (non-hydrogen) atoms. The number of nitrogens with one attached hydrogen (secondary N) is 1. The van der Waals surface area contributed by atoms with Crippen LogP contribution in [-0.4, -0.2) is 76.9 Å². The van der Waals surface area contributed by atoms with E-state index in [9.17, 15) is 24.0 Å². The molecule has 10 nitrogen and oxygen atoms in total. The van der Waals surface area contributed by atoms with E-state index in [1.165, 1.54) is 30.7 Å². The highest BCUT2D eigenvalue weighted by Gasteiger charge is 2.54. The molecule has 172 valence electrons. The van der Waals surface area contributed by atoms with Gasteiger partial charge in [-0.1, -0.05) is 15.9 Å². The van der Waals surface area contributed by atoms with Crippen molar-refractivity contribution in [3.8, 4) is 0 Å². The molecule has 1 saturated heterocycles. The Bertz CT molecular complexity index is 822. The van der Waals surface area contributed by atoms with E-state index in [0.717, 1.165) is 0 Å². The molecule has 0 aromatic heterocycles. The summed E-state index contributed by atoms with van der Waals surface area (Å²) in [5, 5.41) is 1.99. The third kappa shape index (κ3) is 5.66. The molecule has 2 aliphatic rings. The van der Waals surface area contributed by atoms with Gasteiger partial charge < -0.3 is 19.5 Å². The van der Waals surface area contributed by atoms with Crippen molar-refractivity contribution in [3.05, 3.63) is 11.3 Å². The normalized spacial score (nSPS) is 21.6. The molecule has 3 atom stereocenters. The van der Waals surface area contributed by atoms with Crippen molar-refractivity contribution in [2.24, 2.45) is 5.41 Å². The molecule has 0 aromatic rings. The number of methoxy groups -OCH3 is 1. The van der Waals surface area contributed by atoms with Gasteiger partial charge in [0.05, 0.1) is 12.0 Å². The number of hydrogen-bond acceptors (Lipinski definition) is 9. The fourth-order valence-corrected chi connectivity index (χ4v) is 4.25. The summed E-state index contributed by atoms with van der Waals surface area (Å²) < 4.78 is 15.2. The fraction of sp³-hybridized carbons (Fsp3) is 0.632.